The van der Waals surface area contributed by atoms with E-state index in [0.717, 1.165) is 19.3 Å². The third-order valence-electron chi connectivity index (χ3n) is 3.60. The van der Waals surface area contributed by atoms with Gasteiger partial charge in [0.2, 0.25) is 0 Å². The van der Waals surface area contributed by atoms with Crippen molar-refractivity contribution in [2.75, 3.05) is 13.7 Å². The summed E-state index contributed by atoms with van der Waals surface area (Å²) in [6, 6.07) is 11.7. The van der Waals surface area contributed by atoms with E-state index in [1.807, 2.05) is 6.07 Å². The van der Waals surface area contributed by atoms with Gasteiger partial charge in [0.05, 0.1) is 12.8 Å². The zero-order valence-electron chi connectivity index (χ0n) is 14.1. The lowest BCUT2D eigenvalue weighted by Gasteiger charge is -2.07. The van der Waals surface area contributed by atoms with Gasteiger partial charge in [-0.25, -0.2) is 0 Å². The van der Waals surface area contributed by atoms with E-state index in [0.29, 0.717) is 18.7 Å². The van der Waals surface area contributed by atoms with Crippen LogP contribution >= 0.6 is 0 Å². The highest BCUT2D eigenvalue weighted by Crippen LogP contribution is 2.03. The molecule has 132 valence electrons. The van der Waals surface area contributed by atoms with Gasteiger partial charge in [-0.05, 0) is 31.0 Å². The van der Waals surface area contributed by atoms with E-state index < -0.39 is 0 Å². The molecule has 0 fully saturated rings. The van der Waals surface area contributed by atoms with Crippen LogP contribution in [0.3, 0.4) is 0 Å². The van der Waals surface area contributed by atoms with Crippen LogP contribution in [0, 0.1) is 0 Å². The van der Waals surface area contributed by atoms with Crippen LogP contribution in [0.15, 0.2) is 47.3 Å². The van der Waals surface area contributed by atoms with Crippen LogP contribution in [0.4, 0.5) is 0 Å². The molecule has 1 aromatic heterocycles. The number of carbonyl (C=O) groups excluding carboxylic acids is 2. The molecule has 0 spiro atoms. The summed E-state index contributed by atoms with van der Waals surface area (Å²) in [5.41, 5.74) is 0.480. The fourth-order valence-corrected chi connectivity index (χ4v) is 2.25. The number of carbonyl (C=O) groups is 2. The fraction of sp³-hybridized carbons (Fsp3) is 0.333. The molecular weight excluding hydrogens is 322 g/mol. The highest BCUT2D eigenvalue weighted by molar-refractivity contribution is 5.92. The molecule has 2 rings (SSSR count). The van der Waals surface area contributed by atoms with Crippen molar-refractivity contribution >= 4 is 11.9 Å². The van der Waals surface area contributed by atoms with Crippen molar-refractivity contribution in [2.24, 2.45) is 0 Å². The molecule has 0 aliphatic rings. The Morgan fingerprint density at radius 2 is 1.84 bits per heavy atom. The van der Waals surface area contributed by atoms with Gasteiger partial charge in [-0.3, -0.25) is 14.4 Å². The van der Waals surface area contributed by atoms with Crippen LogP contribution in [0.1, 0.15) is 36.2 Å². The molecule has 0 bridgehead atoms. The van der Waals surface area contributed by atoms with Crippen molar-refractivity contribution in [3.63, 3.8) is 0 Å². The predicted molar refractivity (Wildman–Crippen MR) is 92.7 cm³/mol. The molecule has 0 atom stereocenters. The molecule has 1 aromatic carbocycles. The van der Waals surface area contributed by atoms with E-state index in [4.69, 9.17) is 0 Å². The number of amides is 1. The van der Waals surface area contributed by atoms with Gasteiger partial charge in [0.25, 0.3) is 11.5 Å². The zero-order chi connectivity index (χ0) is 18.1. The van der Waals surface area contributed by atoms with Gasteiger partial charge in [0.15, 0.2) is 0 Å². The summed E-state index contributed by atoms with van der Waals surface area (Å²) in [6.45, 7) is 0.478. The van der Waals surface area contributed by atoms with Crippen LogP contribution in [0.5, 0.6) is 0 Å². The maximum atomic E-state index is 12.2. The molecule has 1 N–H and O–H groups in total. The first kappa shape index (κ1) is 18.4. The SMILES string of the molecule is COC(=O)CCCCCNC(=O)c1ccc(=O)n(-c2ccccc2)n1. The Morgan fingerprint density at radius 1 is 1.08 bits per heavy atom. The second-order valence-electron chi connectivity index (χ2n) is 5.45. The molecule has 0 unspecified atom stereocenters. The minimum absolute atomic E-state index is 0.179. The third kappa shape index (κ3) is 5.56. The molecular formula is C18H21N3O4. The normalized spacial score (nSPS) is 10.3. The average Bonchev–Trinajstić information content (AvgIpc) is 2.65. The van der Waals surface area contributed by atoms with Gasteiger partial charge >= 0.3 is 5.97 Å². The number of esters is 1. The maximum absolute atomic E-state index is 12.2. The Morgan fingerprint density at radius 3 is 2.56 bits per heavy atom. The Balaban J connectivity index is 1.88. The second kappa shape index (κ2) is 9.36. The van der Waals surface area contributed by atoms with Crippen molar-refractivity contribution < 1.29 is 14.3 Å². The van der Waals surface area contributed by atoms with Gasteiger partial charge in [-0.2, -0.15) is 9.78 Å². The number of aromatic nitrogens is 2. The molecule has 0 saturated heterocycles. The molecule has 25 heavy (non-hydrogen) atoms. The van der Waals surface area contributed by atoms with Crippen LogP contribution in [-0.2, 0) is 9.53 Å². The fourth-order valence-electron chi connectivity index (χ4n) is 2.25. The molecule has 0 saturated carbocycles. The van der Waals surface area contributed by atoms with E-state index in [-0.39, 0.29) is 23.1 Å². The molecule has 7 heteroatoms. The Labute approximate surface area is 145 Å². The van der Waals surface area contributed by atoms with Gasteiger partial charge in [-0.1, -0.05) is 24.6 Å². The number of ether oxygens (including phenoxy) is 1. The van der Waals surface area contributed by atoms with E-state index in [9.17, 15) is 14.4 Å². The minimum Gasteiger partial charge on any atom is -0.469 e. The van der Waals surface area contributed by atoms with E-state index in [1.165, 1.54) is 23.9 Å². The summed E-state index contributed by atoms with van der Waals surface area (Å²) in [4.78, 5) is 35.1. The number of hydrogen-bond acceptors (Lipinski definition) is 5. The summed E-state index contributed by atoms with van der Waals surface area (Å²) in [5.74, 6) is -0.561. The molecule has 1 heterocycles. The highest BCUT2D eigenvalue weighted by Gasteiger charge is 2.10. The first-order valence-corrected chi connectivity index (χ1v) is 8.12. The molecule has 0 radical (unpaired) electrons. The molecule has 2 aromatic rings. The monoisotopic (exact) mass is 343 g/mol. The molecule has 7 nitrogen and oxygen atoms in total. The Bertz CT molecular complexity index is 771. The van der Waals surface area contributed by atoms with Gasteiger partial charge in [0.1, 0.15) is 5.69 Å². The average molecular weight is 343 g/mol. The summed E-state index contributed by atoms with van der Waals surface area (Å²) >= 11 is 0. The maximum Gasteiger partial charge on any atom is 0.305 e. The number of para-hydroxylation sites is 1. The lowest BCUT2D eigenvalue weighted by atomic mass is 10.2. The van der Waals surface area contributed by atoms with Crippen molar-refractivity contribution in [1.29, 1.82) is 0 Å². The molecule has 0 aliphatic heterocycles. The quantitative estimate of drug-likeness (QED) is 0.582. The van der Waals surface area contributed by atoms with Gasteiger partial charge < -0.3 is 10.1 Å². The summed E-state index contributed by atoms with van der Waals surface area (Å²) < 4.78 is 5.77. The van der Waals surface area contributed by atoms with Gasteiger partial charge in [-0.15, -0.1) is 0 Å². The van der Waals surface area contributed by atoms with E-state index >= 15 is 0 Å². The largest absolute Gasteiger partial charge is 0.469 e. The highest BCUT2D eigenvalue weighted by atomic mass is 16.5. The number of benzene rings is 1. The predicted octanol–water partition coefficient (Wildman–Crippen LogP) is 1.70. The Kier molecular flexibility index (Phi) is 6.88. The van der Waals surface area contributed by atoms with Crippen LogP contribution in [-0.4, -0.2) is 35.3 Å². The Hall–Kier alpha value is -2.96. The standard InChI is InChI=1S/C18H21N3O4/c1-25-17(23)10-6-3-7-13-19-18(24)15-11-12-16(22)21(20-15)14-8-4-2-5-9-14/h2,4-5,8-9,11-12H,3,6-7,10,13H2,1H3,(H,19,24). The van der Waals surface area contributed by atoms with Crippen molar-refractivity contribution in [3.8, 4) is 5.69 Å². The van der Waals surface area contributed by atoms with E-state index in [2.05, 4.69) is 15.2 Å². The zero-order valence-corrected chi connectivity index (χ0v) is 14.1. The van der Waals surface area contributed by atoms with Crippen LogP contribution in [0.25, 0.3) is 5.69 Å². The van der Waals surface area contributed by atoms with E-state index in [1.54, 1.807) is 24.3 Å². The molecule has 0 aliphatic carbocycles. The summed E-state index contributed by atoms with van der Waals surface area (Å²) in [7, 11) is 1.37. The topological polar surface area (TPSA) is 90.3 Å². The first-order valence-electron chi connectivity index (χ1n) is 8.12. The minimum atomic E-state index is -0.336. The summed E-state index contributed by atoms with van der Waals surface area (Å²) in [5, 5.41) is 6.89. The number of nitrogens with zero attached hydrogens (tertiary/aromatic N) is 2. The second-order valence-corrected chi connectivity index (χ2v) is 5.45. The summed E-state index contributed by atoms with van der Waals surface area (Å²) in [6.07, 6.45) is 2.67. The molecule has 1 amide bonds. The van der Waals surface area contributed by atoms with Crippen molar-refractivity contribution in [2.45, 2.75) is 25.7 Å². The smallest absolute Gasteiger partial charge is 0.305 e. The van der Waals surface area contributed by atoms with Crippen molar-refractivity contribution in [3.05, 3.63) is 58.5 Å². The number of rotatable bonds is 8. The number of nitrogens with one attached hydrogen (secondary N) is 1. The number of hydrogen-bond donors (Lipinski definition) is 1. The number of unbranched alkanes of at least 4 members (excludes halogenated alkanes) is 2. The number of methoxy groups -OCH3 is 1. The van der Waals surface area contributed by atoms with Crippen molar-refractivity contribution in [1.82, 2.24) is 15.1 Å². The van der Waals surface area contributed by atoms with Crippen LogP contribution < -0.4 is 10.9 Å². The lowest BCUT2D eigenvalue weighted by Crippen LogP contribution is -2.29. The lowest BCUT2D eigenvalue weighted by molar-refractivity contribution is -0.140. The van der Waals surface area contributed by atoms with Gasteiger partial charge in [0, 0.05) is 19.0 Å². The first-order chi connectivity index (χ1) is 12.1. The van der Waals surface area contributed by atoms with Crippen LogP contribution in [0.2, 0.25) is 0 Å². The third-order valence-corrected chi connectivity index (χ3v) is 3.60.